The maximum atomic E-state index is 13.4. The fourth-order valence-electron chi connectivity index (χ4n) is 5.55. The molecule has 4 atom stereocenters. The molecule has 0 N–H and O–H groups in total. The molecular formula is C22H30N4O4. The van der Waals surface area contributed by atoms with Crippen molar-refractivity contribution in [2.24, 2.45) is 11.8 Å². The molecule has 1 spiro atoms. The molecule has 1 aromatic heterocycles. The van der Waals surface area contributed by atoms with E-state index < -0.39 is 17.4 Å². The summed E-state index contributed by atoms with van der Waals surface area (Å²) < 4.78 is 11.6. The molecule has 5 rings (SSSR count). The summed E-state index contributed by atoms with van der Waals surface area (Å²) in [6.45, 7) is 5.01. The van der Waals surface area contributed by atoms with Gasteiger partial charge in [0, 0.05) is 19.0 Å². The van der Waals surface area contributed by atoms with Gasteiger partial charge in [0.2, 0.25) is 17.7 Å². The molecule has 2 bridgehead atoms. The highest BCUT2D eigenvalue weighted by Crippen LogP contribution is 2.53. The molecular weight excluding hydrogens is 384 g/mol. The fourth-order valence-corrected chi connectivity index (χ4v) is 5.55. The minimum Gasteiger partial charge on any atom is -0.360 e. The van der Waals surface area contributed by atoms with Crippen LogP contribution in [0.1, 0.15) is 63.6 Å². The quantitative estimate of drug-likeness (QED) is 0.636. The summed E-state index contributed by atoms with van der Waals surface area (Å²) in [7, 11) is 1.74. The van der Waals surface area contributed by atoms with Gasteiger partial charge in [-0.2, -0.15) is 4.98 Å². The third kappa shape index (κ3) is 2.83. The first-order valence-electron chi connectivity index (χ1n) is 11.2. The number of carbonyl (C=O) groups is 2. The van der Waals surface area contributed by atoms with Crippen LogP contribution < -0.4 is 0 Å². The van der Waals surface area contributed by atoms with E-state index >= 15 is 0 Å². The van der Waals surface area contributed by atoms with E-state index in [4.69, 9.17) is 9.26 Å². The van der Waals surface area contributed by atoms with Crippen LogP contribution in [0.15, 0.2) is 16.7 Å². The number of amides is 2. The first-order valence-corrected chi connectivity index (χ1v) is 11.2. The lowest BCUT2D eigenvalue weighted by Gasteiger charge is -2.29. The predicted octanol–water partition coefficient (Wildman–Crippen LogP) is 2.27. The Kier molecular flexibility index (Phi) is 4.72. The number of nitrogens with zero attached hydrogens (tertiary/aromatic N) is 4. The standard InChI is InChI=1S/C22H30N4O4/c1-4-14(5-2)26-12-22-10-9-15(29-22)17(18(22)21(26)28)20(27)25(3)11-16-23-19(30-24-16)13-7-6-8-13/h9-10,13-15,17-18H,4-8,11-12H2,1-3H3/t15-,17+,18-,22-/m0/s1. The van der Waals surface area contributed by atoms with Crippen LogP contribution in [0.25, 0.3) is 0 Å². The van der Waals surface area contributed by atoms with Gasteiger partial charge in [0.1, 0.15) is 5.60 Å². The van der Waals surface area contributed by atoms with Gasteiger partial charge in [-0.15, -0.1) is 0 Å². The van der Waals surface area contributed by atoms with Crippen LogP contribution in [0.4, 0.5) is 0 Å². The molecule has 3 fully saturated rings. The number of likely N-dealkylation sites (tertiary alicyclic amines) is 1. The molecule has 4 aliphatic rings. The number of aromatic nitrogens is 2. The highest BCUT2D eigenvalue weighted by Gasteiger charge is 2.67. The molecule has 2 saturated heterocycles. The number of ether oxygens (including phenoxy) is 1. The smallest absolute Gasteiger partial charge is 0.230 e. The number of rotatable bonds is 7. The molecule has 0 unspecified atom stereocenters. The molecule has 1 saturated carbocycles. The number of hydrogen-bond acceptors (Lipinski definition) is 6. The Morgan fingerprint density at radius 2 is 2.13 bits per heavy atom. The third-order valence-electron chi connectivity index (χ3n) is 7.49. The summed E-state index contributed by atoms with van der Waals surface area (Å²) in [6, 6.07) is 0.186. The normalized spacial score (nSPS) is 32.2. The SMILES string of the molecule is CCC(CC)N1C[C@]23C=C[C@H](O2)[C@@H](C(=O)N(C)Cc2noc(C4CCC4)n2)[C@H]3C1=O. The zero-order valence-electron chi connectivity index (χ0n) is 17.9. The molecule has 3 aliphatic heterocycles. The maximum Gasteiger partial charge on any atom is 0.230 e. The van der Waals surface area contributed by atoms with Crippen molar-refractivity contribution in [1.29, 1.82) is 0 Å². The van der Waals surface area contributed by atoms with E-state index in [9.17, 15) is 9.59 Å². The Labute approximate surface area is 176 Å². The van der Waals surface area contributed by atoms with Crippen LogP contribution in [-0.4, -0.2) is 63.1 Å². The molecule has 4 heterocycles. The number of carbonyl (C=O) groups excluding carboxylic acids is 2. The van der Waals surface area contributed by atoms with Crippen LogP contribution in [-0.2, 0) is 20.9 Å². The molecule has 1 aliphatic carbocycles. The first kappa shape index (κ1) is 19.7. The van der Waals surface area contributed by atoms with Crippen molar-refractivity contribution >= 4 is 11.8 Å². The van der Waals surface area contributed by atoms with Gasteiger partial charge in [-0.25, -0.2) is 0 Å². The Balaban J connectivity index is 1.32. The van der Waals surface area contributed by atoms with E-state index in [-0.39, 0.29) is 30.5 Å². The lowest BCUT2D eigenvalue weighted by atomic mass is 9.76. The van der Waals surface area contributed by atoms with E-state index in [1.165, 1.54) is 6.42 Å². The monoisotopic (exact) mass is 414 g/mol. The van der Waals surface area contributed by atoms with Gasteiger partial charge in [0.15, 0.2) is 5.82 Å². The lowest BCUT2D eigenvalue weighted by Crippen LogP contribution is -2.45. The van der Waals surface area contributed by atoms with Crippen LogP contribution in [0, 0.1) is 11.8 Å². The summed E-state index contributed by atoms with van der Waals surface area (Å²) in [5.41, 5.74) is -0.658. The molecule has 30 heavy (non-hydrogen) atoms. The van der Waals surface area contributed by atoms with Crippen molar-refractivity contribution in [1.82, 2.24) is 19.9 Å². The van der Waals surface area contributed by atoms with Crippen molar-refractivity contribution in [2.75, 3.05) is 13.6 Å². The Hall–Kier alpha value is -2.22. The van der Waals surface area contributed by atoms with E-state index in [1.54, 1.807) is 11.9 Å². The summed E-state index contributed by atoms with van der Waals surface area (Å²) in [5, 5.41) is 4.05. The van der Waals surface area contributed by atoms with Crippen molar-refractivity contribution in [3.8, 4) is 0 Å². The second-order valence-electron chi connectivity index (χ2n) is 9.21. The van der Waals surface area contributed by atoms with Gasteiger partial charge in [0.05, 0.1) is 31.0 Å². The van der Waals surface area contributed by atoms with Gasteiger partial charge in [0.25, 0.3) is 0 Å². The number of fused-ring (bicyclic) bond motifs is 1. The summed E-state index contributed by atoms with van der Waals surface area (Å²) >= 11 is 0. The van der Waals surface area contributed by atoms with Crippen LogP contribution in [0.2, 0.25) is 0 Å². The molecule has 0 radical (unpaired) electrons. The summed E-state index contributed by atoms with van der Waals surface area (Å²) in [6.07, 6.45) is 8.80. The minimum absolute atomic E-state index is 0.0501. The average Bonchev–Trinajstić information content (AvgIpc) is 3.43. The van der Waals surface area contributed by atoms with E-state index in [2.05, 4.69) is 24.0 Å². The highest BCUT2D eigenvalue weighted by atomic mass is 16.5. The van der Waals surface area contributed by atoms with Crippen molar-refractivity contribution in [3.05, 3.63) is 23.9 Å². The average molecular weight is 415 g/mol. The third-order valence-corrected chi connectivity index (χ3v) is 7.49. The van der Waals surface area contributed by atoms with Crippen LogP contribution >= 0.6 is 0 Å². The van der Waals surface area contributed by atoms with Crippen molar-refractivity contribution in [2.45, 2.75) is 76.2 Å². The van der Waals surface area contributed by atoms with Gasteiger partial charge >= 0.3 is 0 Å². The first-order chi connectivity index (χ1) is 14.5. The number of hydrogen-bond donors (Lipinski definition) is 0. The van der Waals surface area contributed by atoms with Gasteiger partial charge in [-0.1, -0.05) is 37.6 Å². The van der Waals surface area contributed by atoms with E-state index in [0.29, 0.717) is 24.2 Å². The van der Waals surface area contributed by atoms with Crippen LogP contribution in [0.3, 0.4) is 0 Å². The Bertz CT molecular complexity index is 874. The van der Waals surface area contributed by atoms with Gasteiger partial charge in [-0.05, 0) is 25.7 Å². The minimum atomic E-state index is -0.658. The molecule has 0 aromatic carbocycles. The second-order valence-corrected chi connectivity index (χ2v) is 9.21. The van der Waals surface area contributed by atoms with Gasteiger partial charge < -0.3 is 19.1 Å². The Morgan fingerprint density at radius 1 is 1.37 bits per heavy atom. The maximum absolute atomic E-state index is 13.4. The second kappa shape index (κ2) is 7.18. The predicted molar refractivity (Wildman–Crippen MR) is 107 cm³/mol. The lowest BCUT2D eigenvalue weighted by molar-refractivity contribution is -0.143. The molecule has 8 heteroatoms. The summed E-state index contributed by atoms with van der Waals surface area (Å²) in [5.74, 6) is 0.569. The molecule has 2 amide bonds. The van der Waals surface area contributed by atoms with Crippen LogP contribution in [0.5, 0.6) is 0 Å². The van der Waals surface area contributed by atoms with Gasteiger partial charge in [-0.3, -0.25) is 9.59 Å². The largest absolute Gasteiger partial charge is 0.360 e. The molecule has 8 nitrogen and oxygen atoms in total. The topological polar surface area (TPSA) is 88.8 Å². The molecule has 162 valence electrons. The van der Waals surface area contributed by atoms with E-state index in [0.717, 1.165) is 25.7 Å². The zero-order valence-corrected chi connectivity index (χ0v) is 17.9. The van der Waals surface area contributed by atoms with E-state index in [1.807, 2.05) is 17.1 Å². The summed E-state index contributed by atoms with van der Waals surface area (Å²) in [4.78, 5) is 34.8. The Morgan fingerprint density at radius 3 is 2.80 bits per heavy atom. The van der Waals surface area contributed by atoms with Crippen molar-refractivity contribution in [3.63, 3.8) is 0 Å². The highest BCUT2D eigenvalue weighted by molar-refractivity contribution is 5.93. The fraction of sp³-hybridized carbons (Fsp3) is 0.727. The van der Waals surface area contributed by atoms with Crippen molar-refractivity contribution < 1.29 is 18.8 Å². The zero-order chi connectivity index (χ0) is 21.0. The molecule has 1 aromatic rings.